The van der Waals surface area contributed by atoms with Crippen molar-refractivity contribution in [2.45, 2.75) is 36.7 Å². The van der Waals surface area contributed by atoms with E-state index in [9.17, 15) is 14.9 Å². The van der Waals surface area contributed by atoms with Crippen LogP contribution < -0.4 is 4.74 Å². The van der Waals surface area contributed by atoms with Gasteiger partial charge in [-0.25, -0.2) is 4.79 Å². The number of carbonyl (C=O) groups excluding carboxylic acids is 1. The maximum atomic E-state index is 13.7. The molecule has 5 aliphatic rings. The van der Waals surface area contributed by atoms with Crippen molar-refractivity contribution in [3.8, 4) is 16.9 Å². The molecule has 0 saturated heterocycles. The molecule has 0 aromatic heterocycles. The maximum Gasteiger partial charge on any atom is 0.338 e. The summed E-state index contributed by atoms with van der Waals surface area (Å²) in [4.78, 5) is 24.4. The number of fused-ring (bicyclic) bond motifs is 6. The van der Waals surface area contributed by atoms with E-state index in [-0.39, 0.29) is 27.9 Å². The summed E-state index contributed by atoms with van der Waals surface area (Å²) in [6.07, 6.45) is 8.29. The summed E-state index contributed by atoms with van der Waals surface area (Å²) in [7, 11) is 0. The maximum absolute atomic E-state index is 13.7. The lowest BCUT2D eigenvalue weighted by Gasteiger charge is -2.29. The van der Waals surface area contributed by atoms with Crippen LogP contribution in [0.5, 0.6) is 5.75 Å². The Morgan fingerprint density at radius 3 is 2.47 bits per heavy atom. The van der Waals surface area contributed by atoms with Crippen LogP contribution in [0, 0.1) is 26.9 Å². The van der Waals surface area contributed by atoms with Crippen molar-refractivity contribution in [2.75, 3.05) is 6.61 Å². The van der Waals surface area contributed by atoms with Gasteiger partial charge in [-0.2, -0.15) is 0 Å². The fourth-order valence-electron chi connectivity index (χ4n) is 9.50. The van der Waals surface area contributed by atoms with Crippen molar-refractivity contribution in [1.29, 1.82) is 0 Å². The van der Waals surface area contributed by atoms with Crippen LogP contribution in [0.15, 0.2) is 109 Å². The van der Waals surface area contributed by atoms with E-state index in [1.807, 2.05) is 30.3 Å². The molecule has 3 fully saturated rings. The third-order valence-electron chi connectivity index (χ3n) is 11.2. The minimum atomic E-state index is -0.659. The lowest BCUT2D eigenvalue weighted by atomic mass is 9.79. The topological polar surface area (TPSA) is 78.7 Å². The van der Waals surface area contributed by atoms with Gasteiger partial charge in [0.2, 0.25) is 0 Å². The molecule has 5 atom stereocenters. The summed E-state index contributed by atoms with van der Waals surface area (Å²) in [5, 5.41) is 11.2. The molecule has 212 valence electrons. The van der Waals surface area contributed by atoms with E-state index < -0.39 is 16.5 Å². The fourth-order valence-corrected chi connectivity index (χ4v) is 9.50. The summed E-state index contributed by atoms with van der Waals surface area (Å²) >= 11 is 0. The minimum absolute atomic E-state index is 0.0132. The van der Waals surface area contributed by atoms with Gasteiger partial charge in [-0.05, 0) is 76.8 Å². The van der Waals surface area contributed by atoms with E-state index in [1.165, 1.54) is 52.1 Å². The van der Waals surface area contributed by atoms with Crippen LogP contribution in [0.4, 0.5) is 5.69 Å². The number of benzene rings is 4. The predicted molar refractivity (Wildman–Crippen MR) is 161 cm³/mol. The first kappa shape index (κ1) is 24.8. The molecule has 0 heterocycles. The van der Waals surface area contributed by atoms with Gasteiger partial charge in [0.25, 0.3) is 5.69 Å². The highest BCUT2D eigenvalue weighted by Gasteiger charge is 2.98. The van der Waals surface area contributed by atoms with Crippen LogP contribution in [0.2, 0.25) is 0 Å². The third-order valence-corrected chi connectivity index (χ3v) is 11.2. The SMILES string of the molecule is O=C(O[C@@]12C[C@]1(COc1ccccc1)CC13CC=C[C@]1(c1ccc4c(c1)Cc1ccccc1-4)[C@H]32)c1ccc([N+](=O)[O-])cc1. The van der Waals surface area contributed by atoms with Crippen LogP contribution in [-0.4, -0.2) is 23.1 Å². The lowest BCUT2D eigenvalue weighted by Crippen LogP contribution is -2.34. The molecule has 4 aromatic rings. The van der Waals surface area contributed by atoms with Gasteiger partial charge in [-0.1, -0.05) is 72.8 Å². The van der Waals surface area contributed by atoms with Crippen LogP contribution in [-0.2, 0) is 16.6 Å². The Morgan fingerprint density at radius 2 is 1.65 bits per heavy atom. The number of nitrogens with zero attached hydrogens (tertiary/aromatic N) is 1. The Labute approximate surface area is 249 Å². The number of ether oxygens (including phenoxy) is 2. The molecule has 0 radical (unpaired) electrons. The third kappa shape index (κ3) is 3.11. The van der Waals surface area contributed by atoms with E-state index in [1.54, 1.807) is 0 Å². The molecule has 9 rings (SSSR count). The molecule has 3 saturated carbocycles. The highest BCUT2D eigenvalue weighted by atomic mass is 16.6. The van der Waals surface area contributed by atoms with Gasteiger partial charge in [0, 0.05) is 35.3 Å². The van der Waals surface area contributed by atoms with Crippen molar-refractivity contribution in [1.82, 2.24) is 0 Å². The number of nitro benzene ring substituents is 1. The van der Waals surface area contributed by atoms with Gasteiger partial charge >= 0.3 is 5.97 Å². The molecule has 43 heavy (non-hydrogen) atoms. The number of esters is 1. The van der Waals surface area contributed by atoms with Crippen molar-refractivity contribution in [3.05, 3.63) is 142 Å². The zero-order valence-corrected chi connectivity index (χ0v) is 23.5. The molecular formula is C37H29NO5. The molecular weight excluding hydrogens is 538 g/mol. The van der Waals surface area contributed by atoms with Gasteiger partial charge < -0.3 is 9.47 Å². The minimum Gasteiger partial charge on any atom is -0.493 e. The van der Waals surface area contributed by atoms with Crippen molar-refractivity contribution < 1.29 is 19.2 Å². The first-order valence-corrected chi connectivity index (χ1v) is 15.0. The average molecular weight is 568 g/mol. The van der Waals surface area contributed by atoms with Gasteiger partial charge in [-0.3, -0.25) is 10.1 Å². The summed E-state index contributed by atoms with van der Waals surface area (Å²) in [6.45, 7) is 0.485. The molecule has 6 heteroatoms. The Kier molecular flexibility index (Phi) is 4.75. The van der Waals surface area contributed by atoms with Gasteiger partial charge in [0.05, 0.1) is 17.1 Å². The number of carbonyl (C=O) groups is 1. The molecule has 5 aliphatic carbocycles. The second-order valence-electron chi connectivity index (χ2n) is 13.1. The number of non-ortho nitro benzene ring substituents is 1. The molecule has 0 bridgehead atoms. The Hall–Kier alpha value is -4.71. The van der Waals surface area contributed by atoms with E-state index >= 15 is 0 Å². The summed E-state index contributed by atoms with van der Waals surface area (Å²) in [6, 6.07) is 31.2. The predicted octanol–water partition coefficient (Wildman–Crippen LogP) is 7.45. The zero-order valence-electron chi connectivity index (χ0n) is 23.5. The van der Waals surface area contributed by atoms with Crippen LogP contribution in [0.1, 0.15) is 46.3 Å². The summed E-state index contributed by atoms with van der Waals surface area (Å²) in [5.41, 5.74) is 5.83. The van der Waals surface area contributed by atoms with Crippen LogP contribution >= 0.6 is 0 Å². The highest BCUT2D eigenvalue weighted by molar-refractivity contribution is 5.90. The number of allylic oxidation sites excluding steroid dienone is 2. The smallest absolute Gasteiger partial charge is 0.338 e. The second-order valence-corrected chi connectivity index (χ2v) is 13.1. The van der Waals surface area contributed by atoms with Gasteiger partial charge in [0.1, 0.15) is 11.4 Å². The highest BCUT2D eigenvalue weighted by Crippen LogP contribution is 2.95. The van der Waals surface area contributed by atoms with Crippen LogP contribution in [0.25, 0.3) is 11.1 Å². The Balaban J connectivity index is 1.08. The number of hydrogen-bond acceptors (Lipinski definition) is 5. The number of nitro groups is 1. The van der Waals surface area contributed by atoms with Crippen molar-refractivity contribution in [2.24, 2.45) is 16.7 Å². The normalized spacial score (nSPS) is 31.3. The molecule has 4 aromatic carbocycles. The quantitative estimate of drug-likeness (QED) is 0.0884. The van der Waals surface area contributed by atoms with Crippen molar-refractivity contribution >= 4 is 11.7 Å². The Bertz CT molecular complexity index is 1880. The number of rotatable bonds is 7. The van der Waals surface area contributed by atoms with Gasteiger partial charge in [-0.15, -0.1) is 0 Å². The van der Waals surface area contributed by atoms with E-state index in [0.29, 0.717) is 12.2 Å². The lowest BCUT2D eigenvalue weighted by molar-refractivity contribution is -0.384. The van der Waals surface area contributed by atoms with E-state index in [2.05, 4.69) is 54.6 Å². The molecule has 0 aliphatic heterocycles. The Morgan fingerprint density at radius 1 is 0.884 bits per heavy atom. The molecule has 1 spiro atoms. The van der Waals surface area contributed by atoms with E-state index in [4.69, 9.17) is 9.47 Å². The molecule has 0 N–H and O–H groups in total. The summed E-state index contributed by atoms with van der Waals surface area (Å²) < 4.78 is 13.0. The summed E-state index contributed by atoms with van der Waals surface area (Å²) in [5.74, 6) is 0.536. The monoisotopic (exact) mass is 567 g/mol. The first-order chi connectivity index (χ1) is 20.9. The van der Waals surface area contributed by atoms with E-state index in [0.717, 1.165) is 31.4 Å². The van der Waals surface area contributed by atoms with Crippen LogP contribution in [0.3, 0.4) is 0 Å². The average Bonchev–Trinajstić information content (AvgIpc) is 3.58. The zero-order chi connectivity index (χ0) is 29.0. The number of hydrogen-bond donors (Lipinski definition) is 0. The largest absolute Gasteiger partial charge is 0.493 e. The first-order valence-electron chi connectivity index (χ1n) is 15.0. The standard InChI is InChI=1S/C37H29NO5/c39-32(24-11-14-28(15-12-24)38(40)41)43-37-22-34(37,23-42-29-8-2-1-3-9-29)21-35-17-6-18-36(35,33(35)37)27-13-16-31-26(20-27)19-25-7-4-5-10-30(25)31/h1-16,18,20,33H,17,19,21-23H2/t33-,34-,35?,36-,37+/m0/s1. The second kappa shape index (κ2) is 8.22. The molecule has 0 amide bonds. The van der Waals surface area contributed by atoms with Gasteiger partial charge in [0.15, 0.2) is 0 Å². The molecule has 6 nitrogen and oxygen atoms in total. The number of para-hydroxylation sites is 1. The fraction of sp³-hybridized carbons (Fsp3) is 0.270. The molecule has 1 unspecified atom stereocenters. The van der Waals surface area contributed by atoms with Crippen molar-refractivity contribution in [3.63, 3.8) is 0 Å².